The summed E-state index contributed by atoms with van der Waals surface area (Å²) < 4.78 is 11.1. The van der Waals surface area contributed by atoms with E-state index in [0.717, 1.165) is 24.6 Å². The Bertz CT molecular complexity index is 396. The molecule has 1 aromatic carbocycles. The molecule has 0 saturated heterocycles. The Morgan fingerprint density at radius 2 is 1.95 bits per heavy atom. The molecule has 4 heteroatoms. The molecule has 1 atom stereocenters. The molecule has 0 amide bonds. The van der Waals surface area contributed by atoms with E-state index < -0.39 is 0 Å². The largest absolute Gasteiger partial charge is 0.493 e. The topological polar surface area (TPSA) is 30.5 Å². The predicted octanol–water partition coefficient (Wildman–Crippen LogP) is 3.71. The first kappa shape index (κ1) is 17.2. The van der Waals surface area contributed by atoms with Gasteiger partial charge in [0.1, 0.15) is 0 Å². The summed E-state index contributed by atoms with van der Waals surface area (Å²) in [5, 5.41) is 4.18. The molecule has 3 nitrogen and oxygen atoms in total. The Morgan fingerprint density at radius 3 is 2.55 bits per heavy atom. The van der Waals surface area contributed by atoms with Crippen molar-refractivity contribution in [3.8, 4) is 11.5 Å². The Kier molecular flexibility index (Phi) is 7.85. The fraction of sp³-hybridized carbons (Fsp3) is 0.625. The second-order valence-corrected chi connectivity index (χ2v) is 6.44. The zero-order valence-electron chi connectivity index (χ0n) is 13.2. The van der Waals surface area contributed by atoms with Gasteiger partial charge in [-0.05, 0) is 50.8 Å². The van der Waals surface area contributed by atoms with E-state index in [9.17, 15) is 0 Å². The van der Waals surface area contributed by atoms with Crippen LogP contribution in [0, 0.1) is 0 Å². The van der Waals surface area contributed by atoms with Gasteiger partial charge in [-0.15, -0.1) is 0 Å². The summed E-state index contributed by atoms with van der Waals surface area (Å²) in [4.78, 5) is 0. The number of ether oxygens (including phenoxy) is 2. The van der Waals surface area contributed by atoms with Crippen molar-refractivity contribution in [2.75, 3.05) is 19.9 Å². The van der Waals surface area contributed by atoms with E-state index in [4.69, 9.17) is 9.47 Å². The highest BCUT2D eigenvalue weighted by Gasteiger charge is 2.07. The Morgan fingerprint density at radius 1 is 1.20 bits per heavy atom. The fourth-order valence-corrected chi connectivity index (χ4v) is 2.18. The second-order valence-electron chi connectivity index (χ2n) is 5.16. The Balaban J connectivity index is 2.51. The van der Waals surface area contributed by atoms with Crippen LogP contribution in [0.15, 0.2) is 18.2 Å². The summed E-state index contributed by atoms with van der Waals surface area (Å²) >= 11 is 1.91. The molecule has 0 heterocycles. The van der Waals surface area contributed by atoms with Crippen LogP contribution in [0.5, 0.6) is 11.5 Å². The summed E-state index contributed by atoms with van der Waals surface area (Å²) in [6.07, 6.45) is 3.50. The average molecular weight is 297 g/mol. The van der Waals surface area contributed by atoms with E-state index in [-0.39, 0.29) is 6.10 Å². The first-order valence-electron chi connectivity index (χ1n) is 7.14. The van der Waals surface area contributed by atoms with Crippen LogP contribution < -0.4 is 14.8 Å². The first-order chi connectivity index (χ1) is 9.56. The van der Waals surface area contributed by atoms with E-state index in [1.165, 1.54) is 12.0 Å². The Hall–Kier alpha value is -0.870. The molecule has 0 spiro atoms. The van der Waals surface area contributed by atoms with Crippen molar-refractivity contribution in [1.29, 1.82) is 0 Å². The van der Waals surface area contributed by atoms with E-state index in [0.29, 0.717) is 5.25 Å². The van der Waals surface area contributed by atoms with E-state index in [2.05, 4.69) is 24.6 Å². The van der Waals surface area contributed by atoms with E-state index in [1.807, 2.05) is 37.7 Å². The van der Waals surface area contributed by atoms with Crippen molar-refractivity contribution in [1.82, 2.24) is 5.32 Å². The molecule has 1 N–H and O–H groups in total. The maximum Gasteiger partial charge on any atom is 0.161 e. The van der Waals surface area contributed by atoms with Crippen molar-refractivity contribution >= 4 is 11.8 Å². The zero-order valence-corrected chi connectivity index (χ0v) is 14.0. The van der Waals surface area contributed by atoms with Gasteiger partial charge in [-0.1, -0.05) is 13.0 Å². The number of hydrogen-bond donors (Lipinski definition) is 1. The number of methoxy groups -OCH3 is 1. The van der Waals surface area contributed by atoms with Crippen LogP contribution in [-0.2, 0) is 6.54 Å². The quantitative estimate of drug-likeness (QED) is 0.704. The summed E-state index contributed by atoms with van der Waals surface area (Å²) in [5.74, 6) is 1.61. The van der Waals surface area contributed by atoms with Crippen LogP contribution in [0.2, 0.25) is 0 Å². The highest BCUT2D eigenvalue weighted by molar-refractivity contribution is 7.99. The van der Waals surface area contributed by atoms with Gasteiger partial charge in [-0.2, -0.15) is 11.8 Å². The minimum atomic E-state index is 0.154. The van der Waals surface area contributed by atoms with Gasteiger partial charge >= 0.3 is 0 Å². The number of rotatable bonds is 9. The molecule has 0 aliphatic heterocycles. The summed E-state index contributed by atoms with van der Waals surface area (Å²) in [6, 6.07) is 6.12. The van der Waals surface area contributed by atoms with Gasteiger partial charge in [0.2, 0.25) is 0 Å². The third-order valence-electron chi connectivity index (χ3n) is 3.05. The van der Waals surface area contributed by atoms with Gasteiger partial charge in [0.15, 0.2) is 11.5 Å². The molecule has 0 fully saturated rings. The molecule has 0 bridgehead atoms. The molecular formula is C16H27NO2S. The molecule has 1 aromatic rings. The Labute approximate surface area is 127 Å². The lowest BCUT2D eigenvalue weighted by atomic mass is 10.2. The molecule has 0 radical (unpaired) electrons. The molecule has 0 aromatic heterocycles. The molecular weight excluding hydrogens is 270 g/mol. The SMILES string of the molecule is COc1cc(CNCCC(C)SC)ccc1OC(C)C. The average Bonchev–Trinajstić information content (AvgIpc) is 2.43. The van der Waals surface area contributed by atoms with Crippen molar-refractivity contribution < 1.29 is 9.47 Å². The van der Waals surface area contributed by atoms with Crippen molar-refractivity contribution in [3.05, 3.63) is 23.8 Å². The number of benzene rings is 1. The smallest absolute Gasteiger partial charge is 0.161 e. The monoisotopic (exact) mass is 297 g/mol. The van der Waals surface area contributed by atoms with Crippen molar-refractivity contribution in [2.24, 2.45) is 0 Å². The molecule has 0 aliphatic rings. The lowest BCUT2D eigenvalue weighted by Gasteiger charge is -2.15. The summed E-state index contributed by atoms with van der Waals surface area (Å²) in [5.41, 5.74) is 1.22. The van der Waals surface area contributed by atoms with Crippen molar-refractivity contribution in [2.45, 2.75) is 45.1 Å². The lowest BCUT2D eigenvalue weighted by Crippen LogP contribution is -2.17. The van der Waals surface area contributed by atoms with Gasteiger partial charge in [0, 0.05) is 11.8 Å². The van der Waals surface area contributed by atoms with E-state index in [1.54, 1.807) is 7.11 Å². The standard InChI is InChI=1S/C16H27NO2S/c1-12(2)19-15-7-6-14(10-16(15)18-4)11-17-9-8-13(3)20-5/h6-7,10,12-13,17H,8-9,11H2,1-5H3. The lowest BCUT2D eigenvalue weighted by molar-refractivity contribution is 0.230. The minimum absolute atomic E-state index is 0.154. The molecule has 1 unspecified atom stereocenters. The highest BCUT2D eigenvalue weighted by Crippen LogP contribution is 2.28. The maximum atomic E-state index is 5.71. The fourth-order valence-electron chi connectivity index (χ4n) is 1.83. The zero-order chi connectivity index (χ0) is 15.0. The van der Waals surface area contributed by atoms with Gasteiger partial charge in [-0.3, -0.25) is 0 Å². The molecule has 0 saturated carbocycles. The molecule has 114 valence electrons. The van der Waals surface area contributed by atoms with Gasteiger partial charge < -0.3 is 14.8 Å². The minimum Gasteiger partial charge on any atom is -0.493 e. The number of hydrogen-bond acceptors (Lipinski definition) is 4. The van der Waals surface area contributed by atoms with Crippen LogP contribution in [0.4, 0.5) is 0 Å². The summed E-state index contributed by atoms with van der Waals surface area (Å²) in [6.45, 7) is 8.19. The number of thioether (sulfide) groups is 1. The van der Waals surface area contributed by atoms with Crippen LogP contribution >= 0.6 is 11.8 Å². The predicted molar refractivity (Wildman–Crippen MR) is 88.1 cm³/mol. The molecule has 20 heavy (non-hydrogen) atoms. The van der Waals surface area contributed by atoms with Gasteiger partial charge in [0.05, 0.1) is 13.2 Å². The highest BCUT2D eigenvalue weighted by atomic mass is 32.2. The van der Waals surface area contributed by atoms with Crippen LogP contribution in [-0.4, -0.2) is 31.3 Å². The van der Waals surface area contributed by atoms with Crippen LogP contribution in [0.3, 0.4) is 0 Å². The second kappa shape index (κ2) is 9.14. The maximum absolute atomic E-state index is 5.71. The van der Waals surface area contributed by atoms with Gasteiger partial charge in [0.25, 0.3) is 0 Å². The van der Waals surface area contributed by atoms with Crippen LogP contribution in [0.25, 0.3) is 0 Å². The van der Waals surface area contributed by atoms with Gasteiger partial charge in [-0.25, -0.2) is 0 Å². The van der Waals surface area contributed by atoms with E-state index >= 15 is 0 Å². The normalized spacial score (nSPS) is 12.5. The van der Waals surface area contributed by atoms with Crippen molar-refractivity contribution in [3.63, 3.8) is 0 Å². The molecule has 1 rings (SSSR count). The third kappa shape index (κ3) is 6.06. The molecule has 0 aliphatic carbocycles. The first-order valence-corrected chi connectivity index (χ1v) is 8.42. The summed E-state index contributed by atoms with van der Waals surface area (Å²) in [7, 11) is 1.68. The number of nitrogens with one attached hydrogen (secondary N) is 1. The van der Waals surface area contributed by atoms with Crippen LogP contribution in [0.1, 0.15) is 32.8 Å². The third-order valence-corrected chi connectivity index (χ3v) is 4.09.